The van der Waals surface area contributed by atoms with E-state index in [1.165, 1.54) is 0 Å². The lowest BCUT2D eigenvalue weighted by Gasteiger charge is -1.86. The molecule has 1 aromatic rings. The molecule has 1 rings (SSSR count). The summed E-state index contributed by atoms with van der Waals surface area (Å²) in [5.41, 5.74) is 0. The largest absolute Gasteiger partial charge is 0.205 e. The van der Waals surface area contributed by atoms with Crippen LogP contribution in [0.3, 0.4) is 0 Å². The van der Waals surface area contributed by atoms with Gasteiger partial charge in [-0.1, -0.05) is 12.1 Å². The summed E-state index contributed by atoms with van der Waals surface area (Å²) in [7, 11) is 0. The van der Waals surface area contributed by atoms with Gasteiger partial charge in [-0.05, 0) is 28.7 Å². The first-order valence-electron chi connectivity index (χ1n) is 2.12. The van der Waals surface area contributed by atoms with E-state index in [1.807, 2.05) is 22.6 Å². The molecule has 0 saturated carbocycles. The van der Waals surface area contributed by atoms with E-state index < -0.39 is 0 Å². The summed E-state index contributed by atoms with van der Waals surface area (Å²) in [4.78, 5) is 0. The first kappa shape index (κ1) is 6.01. The predicted molar refractivity (Wildman–Crippen MR) is 38.0 cm³/mol. The van der Waals surface area contributed by atoms with Gasteiger partial charge in [-0.2, -0.15) is 0 Å². The number of hydrogen-bond acceptors (Lipinski definition) is 0. The Morgan fingerprint density at radius 1 is 1.62 bits per heavy atom. The van der Waals surface area contributed by atoms with Gasteiger partial charge in [0.05, 0.1) is 0 Å². The van der Waals surface area contributed by atoms with E-state index in [4.69, 9.17) is 0 Å². The summed E-state index contributed by atoms with van der Waals surface area (Å²) >= 11 is 1.92. The molecule has 0 N–H and O–H groups in total. The van der Waals surface area contributed by atoms with E-state index in [2.05, 4.69) is 6.07 Å². The molecular formula is C6H3FI. The molecule has 1 radical (unpaired) electrons. The van der Waals surface area contributed by atoms with E-state index in [0.717, 1.165) is 0 Å². The molecule has 0 aliphatic carbocycles. The number of rotatable bonds is 0. The highest BCUT2D eigenvalue weighted by Crippen LogP contribution is 2.06. The fourth-order valence-corrected chi connectivity index (χ4v) is 0.759. The monoisotopic (exact) mass is 221 g/mol. The third-order valence-corrected chi connectivity index (χ3v) is 1.59. The smallest absolute Gasteiger partial charge is 0.144 e. The summed E-state index contributed by atoms with van der Waals surface area (Å²) in [6, 6.07) is 7.43. The molecule has 8 heavy (non-hydrogen) atoms. The fourth-order valence-electron chi connectivity index (χ4n) is 0.396. The highest BCUT2D eigenvalue weighted by atomic mass is 127. The second kappa shape index (κ2) is 2.44. The molecule has 0 atom stereocenters. The van der Waals surface area contributed by atoms with Crippen molar-refractivity contribution in [2.45, 2.75) is 0 Å². The molecule has 0 spiro atoms. The highest BCUT2D eigenvalue weighted by Gasteiger charge is 1.91. The molecule has 0 aliphatic heterocycles. The SMILES string of the molecule is Fc1[c]cccc1I. The molecule has 0 heterocycles. The van der Waals surface area contributed by atoms with E-state index in [-0.39, 0.29) is 5.82 Å². The Morgan fingerprint density at radius 3 is 2.75 bits per heavy atom. The average Bonchev–Trinajstić information content (AvgIpc) is 1.77. The van der Waals surface area contributed by atoms with Gasteiger partial charge < -0.3 is 0 Å². The molecule has 0 bridgehead atoms. The molecule has 1 aromatic carbocycles. The Hall–Kier alpha value is -0.120. The van der Waals surface area contributed by atoms with Crippen molar-refractivity contribution in [3.63, 3.8) is 0 Å². The van der Waals surface area contributed by atoms with Crippen LogP contribution in [-0.2, 0) is 0 Å². The zero-order chi connectivity index (χ0) is 5.98. The van der Waals surface area contributed by atoms with Gasteiger partial charge in [0.15, 0.2) is 0 Å². The van der Waals surface area contributed by atoms with E-state index in [1.54, 1.807) is 18.2 Å². The van der Waals surface area contributed by atoms with Crippen LogP contribution in [0.15, 0.2) is 18.2 Å². The van der Waals surface area contributed by atoms with Crippen LogP contribution in [0.1, 0.15) is 0 Å². The third kappa shape index (κ3) is 1.18. The van der Waals surface area contributed by atoms with Crippen molar-refractivity contribution < 1.29 is 4.39 Å². The molecule has 0 aromatic heterocycles. The third-order valence-electron chi connectivity index (χ3n) is 0.759. The zero-order valence-electron chi connectivity index (χ0n) is 3.99. The van der Waals surface area contributed by atoms with Crippen molar-refractivity contribution in [2.24, 2.45) is 0 Å². The van der Waals surface area contributed by atoms with Gasteiger partial charge in [0.2, 0.25) is 0 Å². The Bertz CT molecular complexity index is 165. The van der Waals surface area contributed by atoms with Gasteiger partial charge in [0, 0.05) is 9.64 Å². The van der Waals surface area contributed by atoms with Crippen LogP contribution in [0.25, 0.3) is 0 Å². The summed E-state index contributed by atoms with van der Waals surface area (Å²) in [5, 5.41) is 0. The molecular weight excluding hydrogens is 218 g/mol. The minimum Gasteiger partial charge on any atom is -0.205 e. The van der Waals surface area contributed by atoms with Crippen LogP contribution in [0.2, 0.25) is 0 Å². The molecule has 41 valence electrons. The molecule has 0 fully saturated rings. The van der Waals surface area contributed by atoms with Crippen molar-refractivity contribution in [2.75, 3.05) is 0 Å². The molecule has 0 saturated heterocycles. The van der Waals surface area contributed by atoms with Crippen molar-refractivity contribution in [3.8, 4) is 0 Å². The summed E-state index contributed by atoms with van der Waals surface area (Å²) in [6.07, 6.45) is 0. The average molecular weight is 221 g/mol. The summed E-state index contributed by atoms with van der Waals surface area (Å²) in [5.74, 6) is -0.270. The first-order chi connectivity index (χ1) is 3.80. The molecule has 0 nitrogen and oxygen atoms in total. The minimum atomic E-state index is -0.270. The van der Waals surface area contributed by atoms with E-state index in [9.17, 15) is 4.39 Å². The Kier molecular flexibility index (Phi) is 1.83. The Balaban J connectivity index is 3.13. The van der Waals surface area contributed by atoms with Gasteiger partial charge in [-0.25, -0.2) is 4.39 Å². The topological polar surface area (TPSA) is 0 Å². The summed E-state index contributed by atoms with van der Waals surface area (Å²) in [6.45, 7) is 0. The van der Waals surface area contributed by atoms with Crippen molar-refractivity contribution in [3.05, 3.63) is 33.7 Å². The Labute approximate surface area is 60.9 Å². The first-order valence-corrected chi connectivity index (χ1v) is 3.20. The molecule has 2 heteroatoms. The van der Waals surface area contributed by atoms with Gasteiger partial charge in [-0.3, -0.25) is 0 Å². The van der Waals surface area contributed by atoms with E-state index >= 15 is 0 Å². The lowest BCUT2D eigenvalue weighted by molar-refractivity contribution is 0.618. The number of halogens is 2. The van der Waals surface area contributed by atoms with E-state index in [0.29, 0.717) is 3.57 Å². The van der Waals surface area contributed by atoms with Crippen LogP contribution in [0, 0.1) is 15.5 Å². The lowest BCUT2D eigenvalue weighted by atomic mass is 10.4. The minimum absolute atomic E-state index is 0.270. The Morgan fingerprint density at radius 2 is 2.38 bits per heavy atom. The van der Waals surface area contributed by atoms with Crippen molar-refractivity contribution in [1.82, 2.24) is 0 Å². The van der Waals surface area contributed by atoms with Crippen molar-refractivity contribution in [1.29, 1.82) is 0 Å². The zero-order valence-corrected chi connectivity index (χ0v) is 6.15. The maximum atomic E-state index is 12.3. The van der Waals surface area contributed by atoms with Crippen LogP contribution in [0.4, 0.5) is 4.39 Å². The molecule has 0 unspecified atom stereocenters. The standard InChI is InChI=1S/C6H3FI/c7-5-3-1-2-4-6(5)8/h1-2,4H. The molecule has 0 aliphatic rings. The highest BCUT2D eigenvalue weighted by molar-refractivity contribution is 14.1. The molecule has 0 amide bonds. The maximum absolute atomic E-state index is 12.3. The van der Waals surface area contributed by atoms with Crippen LogP contribution in [-0.4, -0.2) is 0 Å². The second-order valence-electron chi connectivity index (χ2n) is 1.33. The second-order valence-corrected chi connectivity index (χ2v) is 2.49. The number of hydrogen-bond donors (Lipinski definition) is 0. The van der Waals surface area contributed by atoms with Gasteiger partial charge in [-0.15, -0.1) is 0 Å². The lowest BCUT2D eigenvalue weighted by Crippen LogP contribution is -1.76. The quantitative estimate of drug-likeness (QED) is 0.589. The summed E-state index contributed by atoms with van der Waals surface area (Å²) < 4.78 is 12.9. The van der Waals surface area contributed by atoms with Gasteiger partial charge >= 0.3 is 0 Å². The predicted octanol–water partition coefficient (Wildman–Crippen LogP) is 2.23. The van der Waals surface area contributed by atoms with Crippen LogP contribution >= 0.6 is 22.6 Å². The normalized spacial score (nSPS) is 9.25. The van der Waals surface area contributed by atoms with Gasteiger partial charge in [0.1, 0.15) is 5.82 Å². The van der Waals surface area contributed by atoms with Crippen LogP contribution in [0.5, 0.6) is 0 Å². The van der Waals surface area contributed by atoms with Gasteiger partial charge in [0.25, 0.3) is 0 Å². The van der Waals surface area contributed by atoms with Crippen molar-refractivity contribution >= 4 is 22.6 Å². The maximum Gasteiger partial charge on any atom is 0.144 e. The fraction of sp³-hybridized carbons (Fsp3) is 0. The van der Waals surface area contributed by atoms with Crippen LogP contribution < -0.4 is 0 Å². The number of benzene rings is 1.